The summed E-state index contributed by atoms with van der Waals surface area (Å²) in [5.41, 5.74) is 0. The molecule has 3 atom stereocenters. The van der Waals surface area contributed by atoms with Gasteiger partial charge < -0.3 is 19.9 Å². The molecule has 2 rings (SSSR count). The maximum atomic E-state index is 13.0. The van der Waals surface area contributed by atoms with E-state index in [0.29, 0.717) is 12.5 Å². The number of halogens is 1. The fraction of sp³-hybridized carbons (Fsp3) is 0.667. The third kappa shape index (κ3) is 4.15. The molecule has 8 heteroatoms. The van der Waals surface area contributed by atoms with Gasteiger partial charge >= 0.3 is 6.09 Å². The number of carbonyl (C=O) groups excluding carboxylic acids is 2. The number of methoxy groups -OCH3 is 1. The van der Waals surface area contributed by atoms with Crippen LogP contribution in [0.25, 0.3) is 0 Å². The molecule has 1 fully saturated rings. The van der Waals surface area contributed by atoms with Gasteiger partial charge in [0, 0.05) is 6.54 Å². The van der Waals surface area contributed by atoms with E-state index in [0.717, 1.165) is 15.9 Å². The van der Waals surface area contributed by atoms with Crippen LogP contribution >= 0.6 is 22.6 Å². The van der Waals surface area contributed by atoms with E-state index in [9.17, 15) is 9.59 Å². The van der Waals surface area contributed by atoms with Crippen LogP contribution in [0.3, 0.4) is 0 Å². The smallest absolute Gasteiger partial charge is 0.407 e. The van der Waals surface area contributed by atoms with Gasteiger partial charge in [-0.3, -0.25) is 4.79 Å². The van der Waals surface area contributed by atoms with Gasteiger partial charge in [-0.15, -0.1) is 0 Å². The van der Waals surface area contributed by atoms with Crippen LogP contribution in [0.4, 0.5) is 4.79 Å². The fourth-order valence-corrected chi connectivity index (χ4v) is 3.32. The van der Waals surface area contributed by atoms with Gasteiger partial charge in [0.25, 0.3) is 0 Å². The number of nitrogens with one attached hydrogen (secondary N) is 2. The van der Waals surface area contributed by atoms with E-state index in [4.69, 9.17) is 0 Å². The molecule has 1 saturated heterocycles. The van der Waals surface area contributed by atoms with Crippen molar-refractivity contribution in [2.75, 3.05) is 13.7 Å². The monoisotopic (exact) mass is 434 g/mol. The number of aromatic amines is 1. The molecule has 1 aliphatic rings. The molecule has 0 bridgehead atoms. The summed E-state index contributed by atoms with van der Waals surface area (Å²) in [6.07, 6.45) is 2.03. The maximum absolute atomic E-state index is 13.0. The first-order valence-corrected chi connectivity index (χ1v) is 8.76. The minimum atomic E-state index is -0.607. The van der Waals surface area contributed by atoms with E-state index in [1.165, 1.54) is 7.11 Å². The van der Waals surface area contributed by atoms with Gasteiger partial charge in [-0.2, -0.15) is 0 Å². The van der Waals surface area contributed by atoms with E-state index in [1.807, 2.05) is 18.7 Å². The molecule has 23 heavy (non-hydrogen) atoms. The number of amides is 2. The number of likely N-dealkylation sites (tertiary alicyclic amines) is 1. The minimum Gasteiger partial charge on any atom is -0.453 e. The summed E-state index contributed by atoms with van der Waals surface area (Å²) in [5.74, 6) is 1.06. The van der Waals surface area contributed by atoms with E-state index < -0.39 is 12.1 Å². The lowest BCUT2D eigenvalue weighted by Gasteiger charge is -2.30. The molecule has 0 aliphatic carbocycles. The average Bonchev–Trinajstić information content (AvgIpc) is 3.09. The topological polar surface area (TPSA) is 87.3 Å². The zero-order valence-electron chi connectivity index (χ0n) is 13.8. The van der Waals surface area contributed by atoms with E-state index in [-0.39, 0.29) is 17.9 Å². The predicted octanol–water partition coefficient (Wildman–Crippen LogP) is 2.30. The Morgan fingerprint density at radius 1 is 1.52 bits per heavy atom. The summed E-state index contributed by atoms with van der Waals surface area (Å²) < 4.78 is 5.58. The molecule has 2 amide bonds. The Bertz CT molecular complexity index is 575. The number of ether oxygens (including phenoxy) is 1. The van der Waals surface area contributed by atoms with E-state index in [2.05, 4.69) is 49.5 Å². The Morgan fingerprint density at radius 2 is 2.22 bits per heavy atom. The lowest BCUT2D eigenvalue weighted by Crippen LogP contribution is -2.51. The number of hydrogen-bond donors (Lipinski definition) is 2. The largest absolute Gasteiger partial charge is 0.453 e. The molecule has 0 radical (unpaired) electrons. The molecule has 1 aliphatic heterocycles. The van der Waals surface area contributed by atoms with Gasteiger partial charge in [0.15, 0.2) is 0 Å². The summed E-state index contributed by atoms with van der Waals surface area (Å²) in [4.78, 5) is 33.9. The second-order valence-corrected chi connectivity index (χ2v) is 7.48. The zero-order chi connectivity index (χ0) is 17.1. The number of rotatable bonds is 4. The van der Waals surface area contributed by atoms with Crippen molar-refractivity contribution in [1.82, 2.24) is 20.2 Å². The minimum absolute atomic E-state index is 0.0325. The molecule has 2 N–H and O–H groups in total. The molecule has 3 unspecified atom stereocenters. The Balaban J connectivity index is 2.21. The highest BCUT2D eigenvalue weighted by Gasteiger charge is 2.39. The van der Waals surface area contributed by atoms with Gasteiger partial charge in [0.1, 0.15) is 11.9 Å². The van der Waals surface area contributed by atoms with Crippen LogP contribution in [0.1, 0.15) is 39.1 Å². The van der Waals surface area contributed by atoms with Crippen LogP contribution in [0, 0.1) is 15.5 Å². The molecule has 0 spiro atoms. The molecule has 1 aromatic heterocycles. The summed E-state index contributed by atoms with van der Waals surface area (Å²) in [7, 11) is 1.29. The molecule has 0 saturated carbocycles. The quantitative estimate of drug-likeness (QED) is 0.713. The van der Waals surface area contributed by atoms with Gasteiger partial charge in [-0.05, 0) is 40.8 Å². The van der Waals surface area contributed by atoms with Crippen molar-refractivity contribution < 1.29 is 14.3 Å². The van der Waals surface area contributed by atoms with Crippen molar-refractivity contribution in [1.29, 1.82) is 0 Å². The van der Waals surface area contributed by atoms with Crippen LogP contribution in [0.15, 0.2) is 6.20 Å². The van der Waals surface area contributed by atoms with E-state index >= 15 is 0 Å². The zero-order valence-corrected chi connectivity index (χ0v) is 16.0. The van der Waals surface area contributed by atoms with Crippen LogP contribution in [0.5, 0.6) is 0 Å². The Kier molecular flexibility index (Phi) is 5.88. The second-order valence-electron chi connectivity index (χ2n) is 6.32. The summed E-state index contributed by atoms with van der Waals surface area (Å²) >= 11 is 2.17. The van der Waals surface area contributed by atoms with Gasteiger partial charge in [0.05, 0.1) is 23.0 Å². The molecule has 128 valence electrons. The van der Waals surface area contributed by atoms with Crippen molar-refractivity contribution in [3.05, 3.63) is 15.7 Å². The van der Waals surface area contributed by atoms with Crippen molar-refractivity contribution in [2.45, 2.75) is 39.3 Å². The molecular formula is C15H23IN4O3. The molecule has 7 nitrogen and oxygen atoms in total. The van der Waals surface area contributed by atoms with Gasteiger partial charge in [-0.1, -0.05) is 20.8 Å². The van der Waals surface area contributed by atoms with E-state index in [1.54, 1.807) is 6.20 Å². The highest BCUT2D eigenvalue weighted by molar-refractivity contribution is 14.1. The van der Waals surface area contributed by atoms with Gasteiger partial charge in [-0.25, -0.2) is 9.78 Å². The second kappa shape index (κ2) is 7.50. The third-order valence-electron chi connectivity index (χ3n) is 4.06. The normalized spacial score (nSPS) is 22.3. The van der Waals surface area contributed by atoms with Crippen molar-refractivity contribution in [3.8, 4) is 0 Å². The Labute approximate surface area is 149 Å². The highest BCUT2D eigenvalue weighted by Crippen LogP contribution is 2.34. The van der Waals surface area contributed by atoms with Crippen molar-refractivity contribution in [2.24, 2.45) is 11.8 Å². The predicted molar refractivity (Wildman–Crippen MR) is 93.7 cm³/mol. The molecule has 2 heterocycles. The number of hydrogen-bond acceptors (Lipinski definition) is 4. The highest BCUT2D eigenvalue weighted by atomic mass is 127. The SMILES string of the molecule is COC(=O)NC(C(=O)N1CC(C)CC1c1ncc(I)[nH]1)C(C)C. The first-order valence-electron chi connectivity index (χ1n) is 7.68. The van der Waals surface area contributed by atoms with Crippen LogP contribution < -0.4 is 5.32 Å². The number of nitrogens with zero attached hydrogens (tertiary/aromatic N) is 2. The number of alkyl carbamates (subject to hydrolysis) is 1. The Hall–Kier alpha value is -1.32. The number of carbonyl (C=O) groups is 2. The number of aromatic nitrogens is 2. The van der Waals surface area contributed by atoms with Crippen LogP contribution in [-0.4, -0.2) is 46.6 Å². The van der Waals surface area contributed by atoms with Crippen molar-refractivity contribution >= 4 is 34.6 Å². The standard InChI is InChI=1S/C15H23IN4O3/c1-8(2)12(19-15(22)23-4)14(21)20-7-9(3)5-10(20)13-17-6-11(16)18-13/h6,8-10,12H,5,7H2,1-4H3,(H,17,18)(H,19,22). The molecule has 0 aromatic carbocycles. The summed E-state index contributed by atoms with van der Waals surface area (Å²) in [6.45, 7) is 6.59. The first-order chi connectivity index (χ1) is 10.8. The molecule has 1 aromatic rings. The summed E-state index contributed by atoms with van der Waals surface area (Å²) in [5, 5.41) is 2.65. The first kappa shape index (κ1) is 18.0. The van der Waals surface area contributed by atoms with Gasteiger partial charge in [0.2, 0.25) is 5.91 Å². The maximum Gasteiger partial charge on any atom is 0.407 e. The fourth-order valence-electron chi connectivity index (χ4n) is 2.91. The van der Waals surface area contributed by atoms with Crippen molar-refractivity contribution in [3.63, 3.8) is 0 Å². The average molecular weight is 434 g/mol. The van der Waals surface area contributed by atoms with Crippen LogP contribution in [0.2, 0.25) is 0 Å². The van der Waals surface area contributed by atoms with Crippen LogP contribution in [-0.2, 0) is 9.53 Å². The lowest BCUT2D eigenvalue weighted by atomic mass is 10.0. The third-order valence-corrected chi connectivity index (χ3v) is 4.61. The lowest BCUT2D eigenvalue weighted by molar-refractivity contribution is -0.135. The Morgan fingerprint density at radius 3 is 2.74 bits per heavy atom. The summed E-state index contributed by atoms with van der Waals surface area (Å²) in [6, 6.07) is -0.689. The molecular weight excluding hydrogens is 411 g/mol. The number of imidazole rings is 1. The number of H-pyrrole nitrogens is 1.